The van der Waals surface area contributed by atoms with Crippen LogP contribution < -0.4 is 9.46 Å². The summed E-state index contributed by atoms with van der Waals surface area (Å²) in [6, 6.07) is 6.10. The molecular formula is C17H19N3O4S. The van der Waals surface area contributed by atoms with Crippen LogP contribution in [0.25, 0.3) is 0 Å². The molecule has 0 spiro atoms. The summed E-state index contributed by atoms with van der Waals surface area (Å²) >= 11 is 0. The minimum Gasteiger partial charge on any atom is -0.495 e. The molecule has 25 heavy (non-hydrogen) atoms. The van der Waals surface area contributed by atoms with Crippen molar-refractivity contribution in [3.05, 3.63) is 46.8 Å². The number of nitrogens with zero attached hydrogens (tertiary/aromatic N) is 2. The molecule has 1 aliphatic carbocycles. The number of amides is 1. The number of methoxy groups -OCH3 is 1. The minimum atomic E-state index is -3.99. The number of ether oxygens (including phenoxy) is 1. The Bertz CT molecular complexity index is 937. The van der Waals surface area contributed by atoms with Crippen molar-refractivity contribution in [2.75, 3.05) is 7.11 Å². The highest BCUT2D eigenvalue weighted by Gasteiger charge is 2.30. The third-order valence-electron chi connectivity index (χ3n) is 4.22. The van der Waals surface area contributed by atoms with Crippen LogP contribution in [-0.2, 0) is 10.0 Å². The second kappa shape index (κ2) is 6.44. The van der Waals surface area contributed by atoms with E-state index in [1.165, 1.54) is 25.3 Å². The highest BCUT2D eigenvalue weighted by atomic mass is 32.2. The molecule has 1 amide bonds. The summed E-state index contributed by atoms with van der Waals surface area (Å²) in [7, 11) is -2.51. The Labute approximate surface area is 146 Å². The van der Waals surface area contributed by atoms with Crippen molar-refractivity contribution in [1.29, 1.82) is 0 Å². The van der Waals surface area contributed by atoms with Crippen LogP contribution in [0.15, 0.2) is 29.2 Å². The smallest absolute Gasteiger partial charge is 0.285 e. The summed E-state index contributed by atoms with van der Waals surface area (Å²) in [5, 5.41) is 7.88. The largest absolute Gasteiger partial charge is 0.495 e. The predicted molar refractivity (Wildman–Crippen MR) is 91.1 cm³/mol. The molecule has 1 heterocycles. The predicted octanol–water partition coefficient (Wildman–Crippen LogP) is 2.10. The van der Waals surface area contributed by atoms with Gasteiger partial charge in [-0.25, -0.2) is 13.1 Å². The van der Waals surface area contributed by atoms with Gasteiger partial charge in [-0.2, -0.15) is 5.10 Å². The monoisotopic (exact) mass is 361 g/mol. The average molecular weight is 361 g/mol. The van der Waals surface area contributed by atoms with Gasteiger partial charge in [-0.15, -0.1) is 5.10 Å². The summed E-state index contributed by atoms with van der Waals surface area (Å²) < 4.78 is 32.1. The summed E-state index contributed by atoms with van der Waals surface area (Å²) in [6.07, 6.45) is 2.02. The second-order valence-electron chi connectivity index (χ2n) is 6.14. The van der Waals surface area contributed by atoms with E-state index in [1.807, 2.05) is 18.6 Å². The van der Waals surface area contributed by atoms with Gasteiger partial charge in [0.2, 0.25) is 0 Å². The van der Waals surface area contributed by atoms with Gasteiger partial charge in [0.25, 0.3) is 15.9 Å². The highest BCUT2D eigenvalue weighted by molar-refractivity contribution is 7.90. The number of aromatic nitrogens is 2. The first-order chi connectivity index (χ1) is 11.8. The first-order valence-corrected chi connectivity index (χ1v) is 9.36. The van der Waals surface area contributed by atoms with Gasteiger partial charge in [-0.1, -0.05) is 6.07 Å². The maximum Gasteiger partial charge on any atom is 0.285 e. The zero-order valence-corrected chi connectivity index (χ0v) is 15.1. The number of carbonyl (C=O) groups excluding carboxylic acids is 1. The van der Waals surface area contributed by atoms with Crippen molar-refractivity contribution in [1.82, 2.24) is 14.9 Å². The van der Waals surface area contributed by atoms with Crippen molar-refractivity contribution in [2.24, 2.45) is 0 Å². The normalized spacial score (nSPS) is 14.2. The minimum absolute atomic E-state index is 0.0264. The number of hydrogen-bond acceptors (Lipinski definition) is 6. The molecule has 7 nitrogen and oxygen atoms in total. The first kappa shape index (κ1) is 17.3. The fraction of sp³-hybridized carbons (Fsp3) is 0.353. The van der Waals surface area contributed by atoms with Crippen molar-refractivity contribution < 1.29 is 17.9 Å². The van der Waals surface area contributed by atoms with Gasteiger partial charge in [0, 0.05) is 12.0 Å². The van der Waals surface area contributed by atoms with E-state index in [0.29, 0.717) is 17.4 Å². The Kier molecular flexibility index (Phi) is 4.47. The molecule has 3 rings (SSSR count). The number of carbonyl (C=O) groups is 1. The molecule has 1 fully saturated rings. The van der Waals surface area contributed by atoms with Gasteiger partial charge in [-0.3, -0.25) is 4.79 Å². The van der Waals surface area contributed by atoms with Crippen LogP contribution in [0.2, 0.25) is 0 Å². The Morgan fingerprint density at radius 2 is 1.88 bits per heavy atom. The Hall–Kier alpha value is -2.48. The Morgan fingerprint density at radius 3 is 2.48 bits per heavy atom. The average Bonchev–Trinajstić information content (AvgIpc) is 3.41. The lowest BCUT2D eigenvalue weighted by atomic mass is 10.1. The second-order valence-corrected chi connectivity index (χ2v) is 7.82. The molecule has 8 heteroatoms. The molecule has 132 valence electrons. The molecule has 0 radical (unpaired) electrons. The molecule has 0 saturated heterocycles. The van der Waals surface area contributed by atoms with Gasteiger partial charge in [0.15, 0.2) is 5.69 Å². The van der Waals surface area contributed by atoms with Crippen molar-refractivity contribution in [3.8, 4) is 5.75 Å². The molecule has 1 aromatic heterocycles. The molecule has 0 unspecified atom stereocenters. The third kappa shape index (κ3) is 3.63. The number of nitrogens with one attached hydrogen (secondary N) is 1. The molecule has 0 aliphatic heterocycles. The molecule has 1 saturated carbocycles. The van der Waals surface area contributed by atoms with E-state index in [2.05, 4.69) is 10.2 Å². The summed E-state index contributed by atoms with van der Waals surface area (Å²) in [4.78, 5) is 12.3. The number of sulfonamides is 1. The lowest BCUT2D eigenvalue weighted by Gasteiger charge is -2.10. The van der Waals surface area contributed by atoms with Gasteiger partial charge < -0.3 is 4.74 Å². The van der Waals surface area contributed by atoms with E-state index in [9.17, 15) is 13.2 Å². The summed E-state index contributed by atoms with van der Waals surface area (Å²) in [5.74, 6) is -0.0866. The molecular weight excluding hydrogens is 342 g/mol. The Morgan fingerprint density at radius 1 is 1.16 bits per heavy atom. The van der Waals surface area contributed by atoms with E-state index < -0.39 is 15.9 Å². The van der Waals surface area contributed by atoms with Crippen LogP contribution in [0.3, 0.4) is 0 Å². The maximum atomic E-state index is 12.4. The molecule has 2 aromatic rings. The van der Waals surface area contributed by atoms with Gasteiger partial charge >= 0.3 is 0 Å². The molecule has 1 aliphatic rings. The quantitative estimate of drug-likeness (QED) is 0.876. The fourth-order valence-corrected chi connectivity index (χ4v) is 3.46. The number of rotatable bonds is 5. The molecule has 1 N–H and O–H groups in total. The van der Waals surface area contributed by atoms with E-state index in [4.69, 9.17) is 4.74 Å². The number of aryl methyl sites for hydroxylation is 2. The topological polar surface area (TPSA) is 98.2 Å². The zero-order chi connectivity index (χ0) is 18.2. The fourth-order valence-electron chi connectivity index (χ4n) is 2.41. The van der Waals surface area contributed by atoms with E-state index in [0.717, 1.165) is 24.0 Å². The standard InChI is InChI=1S/C17H19N3O4S/c1-10-4-7-13(8-11(10)2)25(22,23)20-17(21)14-9-15(24-3)16(19-18-14)12-5-6-12/h4,7-9,12H,5-6H2,1-3H3,(H,20,21). The van der Waals surface area contributed by atoms with Gasteiger partial charge in [-0.05, 0) is 49.9 Å². The summed E-state index contributed by atoms with van der Waals surface area (Å²) in [6.45, 7) is 3.69. The highest BCUT2D eigenvalue weighted by Crippen LogP contribution is 2.42. The van der Waals surface area contributed by atoms with Crippen molar-refractivity contribution >= 4 is 15.9 Å². The van der Waals surface area contributed by atoms with Crippen LogP contribution in [0.1, 0.15) is 46.1 Å². The van der Waals surface area contributed by atoms with Crippen molar-refractivity contribution in [2.45, 2.75) is 37.5 Å². The third-order valence-corrected chi connectivity index (χ3v) is 5.55. The molecule has 0 bridgehead atoms. The number of benzene rings is 1. The number of hydrogen-bond donors (Lipinski definition) is 1. The lowest BCUT2D eigenvalue weighted by molar-refractivity contribution is 0.0975. The van der Waals surface area contributed by atoms with Crippen LogP contribution in [0.5, 0.6) is 5.75 Å². The van der Waals surface area contributed by atoms with E-state index >= 15 is 0 Å². The Balaban J connectivity index is 1.84. The molecule has 0 atom stereocenters. The van der Waals surface area contributed by atoms with E-state index in [-0.39, 0.29) is 10.6 Å². The summed E-state index contributed by atoms with van der Waals surface area (Å²) in [5.41, 5.74) is 2.40. The maximum absolute atomic E-state index is 12.4. The van der Waals surface area contributed by atoms with Crippen LogP contribution in [-0.4, -0.2) is 31.6 Å². The van der Waals surface area contributed by atoms with Crippen LogP contribution in [0.4, 0.5) is 0 Å². The van der Waals surface area contributed by atoms with Crippen LogP contribution in [0, 0.1) is 13.8 Å². The van der Waals surface area contributed by atoms with Gasteiger partial charge in [0.05, 0.1) is 12.0 Å². The van der Waals surface area contributed by atoms with Crippen molar-refractivity contribution in [3.63, 3.8) is 0 Å². The van der Waals surface area contributed by atoms with Gasteiger partial charge in [0.1, 0.15) is 11.4 Å². The SMILES string of the molecule is COc1cc(C(=O)NS(=O)(=O)c2ccc(C)c(C)c2)nnc1C1CC1. The van der Waals surface area contributed by atoms with E-state index in [1.54, 1.807) is 6.07 Å². The lowest BCUT2D eigenvalue weighted by Crippen LogP contribution is -2.31. The first-order valence-electron chi connectivity index (χ1n) is 7.88. The molecule has 1 aromatic carbocycles. The zero-order valence-electron chi connectivity index (χ0n) is 14.2. The van der Waals surface area contributed by atoms with Crippen LogP contribution >= 0.6 is 0 Å².